The van der Waals surface area contributed by atoms with Crippen LogP contribution in [0.3, 0.4) is 0 Å². The predicted octanol–water partition coefficient (Wildman–Crippen LogP) is 2.73. The highest BCUT2D eigenvalue weighted by Gasteiger charge is 2.27. The number of hydrogen-bond acceptors (Lipinski definition) is 3. The van der Waals surface area contributed by atoms with Crippen molar-refractivity contribution in [3.8, 4) is 0 Å². The number of fused-ring (bicyclic) bond motifs is 1. The molecule has 1 aromatic carbocycles. The molecule has 2 atom stereocenters. The van der Waals surface area contributed by atoms with Crippen LogP contribution >= 0.6 is 11.8 Å². The van der Waals surface area contributed by atoms with E-state index >= 15 is 0 Å². The van der Waals surface area contributed by atoms with Crippen molar-refractivity contribution in [3.05, 3.63) is 29.8 Å². The minimum Gasteiger partial charge on any atom is -0.299 e. The monoisotopic (exact) mass is 276 g/mol. The average molecular weight is 276 g/mol. The first-order valence-electron chi connectivity index (χ1n) is 7.47. The second kappa shape index (κ2) is 5.86. The molecule has 3 heteroatoms. The Kier molecular flexibility index (Phi) is 4.15. The molecule has 0 bridgehead atoms. The maximum Gasteiger partial charge on any atom is 0.0263 e. The topological polar surface area (TPSA) is 6.48 Å². The van der Waals surface area contributed by atoms with Crippen molar-refractivity contribution in [2.24, 2.45) is 0 Å². The van der Waals surface area contributed by atoms with E-state index in [2.05, 4.69) is 59.7 Å². The zero-order chi connectivity index (χ0) is 13.2. The van der Waals surface area contributed by atoms with Gasteiger partial charge in [0, 0.05) is 42.4 Å². The van der Waals surface area contributed by atoms with Gasteiger partial charge in [-0.3, -0.25) is 9.80 Å². The van der Waals surface area contributed by atoms with E-state index in [0.29, 0.717) is 6.04 Å². The summed E-state index contributed by atoms with van der Waals surface area (Å²) in [6.07, 6.45) is 1.25. The minimum absolute atomic E-state index is 0.715. The zero-order valence-corrected chi connectivity index (χ0v) is 12.8. The second-order valence-corrected chi connectivity index (χ2v) is 7.13. The first-order valence-corrected chi connectivity index (χ1v) is 8.35. The van der Waals surface area contributed by atoms with E-state index in [1.54, 1.807) is 5.56 Å². The molecule has 2 unspecified atom stereocenters. The van der Waals surface area contributed by atoms with Gasteiger partial charge in [0.15, 0.2) is 0 Å². The van der Waals surface area contributed by atoms with Gasteiger partial charge in [-0.2, -0.15) is 0 Å². The van der Waals surface area contributed by atoms with Crippen molar-refractivity contribution in [3.63, 3.8) is 0 Å². The van der Waals surface area contributed by atoms with E-state index < -0.39 is 0 Å². The van der Waals surface area contributed by atoms with Crippen molar-refractivity contribution in [1.29, 1.82) is 0 Å². The van der Waals surface area contributed by atoms with Gasteiger partial charge in [-0.25, -0.2) is 0 Å². The SMILES string of the molecule is CCN1CCN(CC2Cc3ccccc3S2)CC1C. The maximum atomic E-state index is 2.67. The van der Waals surface area contributed by atoms with E-state index in [1.807, 2.05) is 0 Å². The van der Waals surface area contributed by atoms with Gasteiger partial charge in [-0.15, -0.1) is 11.8 Å². The molecule has 1 fully saturated rings. The highest BCUT2D eigenvalue weighted by molar-refractivity contribution is 8.00. The highest BCUT2D eigenvalue weighted by Crippen LogP contribution is 2.37. The van der Waals surface area contributed by atoms with E-state index in [-0.39, 0.29) is 0 Å². The molecule has 104 valence electrons. The van der Waals surface area contributed by atoms with Crippen LogP contribution in [-0.4, -0.2) is 53.8 Å². The van der Waals surface area contributed by atoms with Crippen LogP contribution in [0.25, 0.3) is 0 Å². The molecular weight excluding hydrogens is 252 g/mol. The van der Waals surface area contributed by atoms with Crippen LogP contribution in [0, 0.1) is 0 Å². The second-order valence-electron chi connectivity index (χ2n) is 5.79. The molecule has 1 saturated heterocycles. The van der Waals surface area contributed by atoms with Crippen molar-refractivity contribution in [2.45, 2.75) is 36.5 Å². The summed E-state index contributed by atoms with van der Waals surface area (Å²) in [5.74, 6) is 0. The quantitative estimate of drug-likeness (QED) is 0.838. The number of benzene rings is 1. The molecule has 19 heavy (non-hydrogen) atoms. The lowest BCUT2D eigenvalue weighted by Gasteiger charge is -2.40. The molecule has 0 radical (unpaired) electrons. The molecule has 2 aliphatic heterocycles. The van der Waals surface area contributed by atoms with Gasteiger partial charge in [-0.05, 0) is 31.5 Å². The van der Waals surface area contributed by atoms with Gasteiger partial charge in [0.2, 0.25) is 0 Å². The standard InChI is InChI=1S/C16H24N2S/c1-3-18-9-8-17(11-13(18)2)12-15-10-14-6-4-5-7-16(14)19-15/h4-7,13,15H,3,8-12H2,1-2H3. The van der Waals surface area contributed by atoms with Crippen LogP contribution in [0.15, 0.2) is 29.2 Å². The summed E-state index contributed by atoms with van der Waals surface area (Å²) in [5, 5.41) is 0.762. The summed E-state index contributed by atoms with van der Waals surface area (Å²) in [6, 6.07) is 9.62. The molecular formula is C16H24N2S. The summed E-state index contributed by atoms with van der Waals surface area (Å²) >= 11 is 2.08. The fourth-order valence-electron chi connectivity index (χ4n) is 3.35. The van der Waals surface area contributed by atoms with Crippen LogP contribution in [0.5, 0.6) is 0 Å². The first-order chi connectivity index (χ1) is 9.26. The Morgan fingerprint density at radius 2 is 2.11 bits per heavy atom. The zero-order valence-electron chi connectivity index (χ0n) is 12.0. The molecule has 0 N–H and O–H groups in total. The lowest BCUT2D eigenvalue weighted by atomic mass is 10.1. The van der Waals surface area contributed by atoms with Crippen LogP contribution < -0.4 is 0 Å². The molecule has 1 aromatic rings. The van der Waals surface area contributed by atoms with E-state index in [4.69, 9.17) is 0 Å². The maximum absolute atomic E-state index is 2.67. The van der Waals surface area contributed by atoms with Gasteiger partial charge in [-0.1, -0.05) is 25.1 Å². The molecule has 0 spiro atoms. The largest absolute Gasteiger partial charge is 0.299 e. The Balaban J connectivity index is 1.54. The number of thioether (sulfide) groups is 1. The molecule has 2 aliphatic rings. The third kappa shape index (κ3) is 2.99. The van der Waals surface area contributed by atoms with Crippen molar-refractivity contribution >= 4 is 11.8 Å². The Labute approximate surface area is 121 Å². The number of rotatable bonds is 3. The summed E-state index contributed by atoms with van der Waals surface area (Å²) in [7, 11) is 0. The Morgan fingerprint density at radius 1 is 1.26 bits per heavy atom. The Hall–Kier alpha value is -0.510. The third-order valence-electron chi connectivity index (χ3n) is 4.43. The van der Waals surface area contributed by atoms with E-state index in [0.717, 1.165) is 5.25 Å². The van der Waals surface area contributed by atoms with Crippen LogP contribution in [0.1, 0.15) is 19.4 Å². The Morgan fingerprint density at radius 3 is 2.84 bits per heavy atom. The lowest BCUT2D eigenvalue weighted by Crippen LogP contribution is -2.52. The fourth-order valence-corrected chi connectivity index (χ4v) is 4.72. The molecule has 0 amide bonds. The van der Waals surface area contributed by atoms with Gasteiger partial charge in [0.25, 0.3) is 0 Å². The number of nitrogens with zero attached hydrogens (tertiary/aromatic N) is 2. The number of likely N-dealkylation sites (N-methyl/N-ethyl adjacent to an activating group) is 1. The van der Waals surface area contributed by atoms with Crippen molar-refractivity contribution in [2.75, 3.05) is 32.7 Å². The molecule has 3 rings (SSSR count). The summed E-state index contributed by atoms with van der Waals surface area (Å²) in [5.41, 5.74) is 1.55. The molecule has 2 nitrogen and oxygen atoms in total. The number of piperazine rings is 1. The summed E-state index contributed by atoms with van der Waals surface area (Å²) in [4.78, 5) is 6.76. The highest BCUT2D eigenvalue weighted by atomic mass is 32.2. The number of hydrogen-bond donors (Lipinski definition) is 0. The fraction of sp³-hybridized carbons (Fsp3) is 0.625. The minimum atomic E-state index is 0.715. The van der Waals surface area contributed by atoms with Gasteiger partial charge in [0.1, 0.15) is 0 Å². The predicted molar refractivity (Wildman–Crippen MR) is 82.9 cm³/mol. The third-order valence-corrected chi connectivity index (χ3v) is 5.73. The van der Waals surface area contributed by atoms with Crippen molar-refractivity contribution in [1.82, 2.24) is 9.80 Å². The van der Waals surface area contributed by atoms with Crippen LogP contribution in [0.4, 0.5) is 0 Å². The van der Waals surface area contributed by atoms with Crippen LogP contribution in [-0.2, 0) is 6.42 Å². The smallest absolute Gasteiger partial charge is 0.0263 e. The van der Waals surface area contributed by atoms with Gasteiger partial charge < -0.3 is 0 Å². The summed E-state index contributed by atoms with van der Waals surface area (Å²) in [6.45, 7) is 10.8. The van der Waals surface area contributed by atoms with Gasteiger partial charge >= 0.3 is 0 Å². The summed E-state index contributed by atoms with van der Waals surface area (Å²) < 4.78 is 0. The molecule has 0 aliphatic carbocycles. The lowest BCUT2D eigenvalue weighted by molar-refractivity contribution is 0.0886. The normalized spacial score (nSPS) is 28.5. The Bertz CT molecular complexity index is 410. The average Bonchev–Trinajstić information content (AvgIpc) is 2.81. The van der Waals surface area contributed by atoms with E-state index in [1.165, 1.54) is 44.0 Å². The molecule has 0 saturated carbocycles. The first kappa shape index (κ1) is 13.5. The van der Waals surface area contributed by atoms with Gasteiger partial charge in [0.05, 0.1) is 0 Å². The molecule has 2 heterocycles. The van der Waals surface area contributed by atoms with E-state index in [9.17, 15) is 0 Å². The van der Waals surface area contributed by atoms with Crippen molar-refractivity contribution < 1.29 is 0 Å². The van der Waals surface area contributed by atoms with Crippen LogP contribution in [0.2, 0.25) is 0 Å². The molecule has 0 aromatic heterocycles.